The van der Waals surface area contributed by atoms with Crippen molar-refractivity contribution in [3.8, 4) is 5.69 Å². The number of ether oxygens (including phenoxy) is 1. The van der Waals surface area contributed by atoms with Gasteiger partial charge >= 0.3 is 11.9 Å². The average molecular weight is 274 g/mol. The van der Waals surface area contributed by atoms with Gasteiger partial charge in [0.05, 0.1) is 29.7 Å². The summed E-state index contributed by atoms with van der Waals surface area (Å²) < 4.78 is 6.41. The molecule has 2 rings (SSSR count). The third-order valence-electron chi connectivity index (χ3n) is 2.86. The summed E-state index contributed by atoms with van der Waals surface area (Å²) in [6, 6.07) is 6.62. The van der Waals surface area contributed by atoms with E-state index < -0.39 is 5.97 Å². The Morgan fingerprint density at radius 2 is 1.95 bits per heavy atom. The quantitative estimate of drug-likeness (QED) is 0.863. The van der Waals surface area contributed by atoms with E-state index in [9.17, 15) is 9.59 Å². The summed E-state index contributed by atoms with van der Waals surface area (Å²) in [5, 5.41) is 13.0. The second kappa shape index (κ2) is 5.56. The van der Waals surface area contributed by atoms with Crippen molar-refractivity contribution >= 4 is 11.9 Å². The van der Waals surface area contributed by atoms with E-state index in [1.54, 1.807) is 38.1 Å². The molecule has 0 amide bonds. The van der Waals surface area contributed by atoms with Crippen LogP contribution >= 0.6 is 0 Å². The molecule has 0 saturated carbocycles. The maximum absolute atomic E-state index is 11.5. The topological polar surface area (TPSA) is 81.4 Å². The highest BCUT2D eigenvalue weighted by molar-refractivity contribution is 5.90. The van der Waals surface area contributed by atoms with Gasteiger partial charge in [0.1, 0.15) is 5.56 Å². The number of esters is 1. The Balaban J connectivity index is 2.31. The lowest BCUT2D eigenvalue weighted by atomic mass is 10.2. The van der Waals surface area contributed by atoms with E-state index in [2.05, 4.69) is 5.10 Å². The molecule has 1 heterocycles. The number of carbonyl (C=O) groups excluding carboxylic acids is 1. The molecule has 0 fully saturated rings. The summed E-state index contributed by atoms with van der Waals surface area (Å²) in [7, 11) is 0. The Kier molecular flexibility index (Phi) is 3.84. The zero-order valence-corrected chi connectivity index (χ0v) is 11.2. The summed E-state index contributed by atoms with van der Waals surface area (Å²) in [6.07, 6.45) is 1.30. The van der Waals surface area contributed by atoms with Crippen molar-refractivity contribution in [2.45, 2.75) is 13.8 Å². The fourth-order valence-corrected chi connectivity index (χ4v) is 1.83. The first-order valence-electron chi connectivity index (χ1n) is 6.10. The Morgan fingerprint density at radius 1 is 1.30 bits per heavy atom. The lowest BCUT2D eigenvalue weighted by molar-refractivity contribution is 0.0526. The van der Waals surface area contributed by atoms with Crippen molar-refractivity contribution in [2.75, 3.05) is 6.61 Å². The van der Waals surface area contributed by atoms with Gasteiger partial charge in [0.2, 0.25) is 0 Å². The van der Waals surface area contributed by atoms with Crippen LogP contribution in [-0.4, -0.2) is 33.4 Å². The molecule has 0 aliphatic rings. The first kappa shape index (κ1) is 13.8. The van der Waals surface area contributed by atoms with Crippen LogP contribution in [0.1, 0.15) is 33.3 Å². The predicted octanol–water partition coefficient (Wildman–Crippen LogP) is 2.06. The third-order valence-corrected chi connectivity index (χ3v) is 2.86. The van der Waals surface area contributed by atoms with Crippen LogP contribution in [-0.2, 0) is 4.74 Å². The SMILES string of the molecule is CCOC(=O)c1ccc(-n2ncc(C(=O)O)c2C)cc1. The zero-order chi connectivity index (χ0) is 14.7. The van der Waals surface area contributed by atoms with Gasteiger partial charge in [-0.15, -0.1) is 0 Å². The van der Waals surface area contributed by atoms with Gasteiger partial charge < -0.3 is 9.84 Å². The average Bonchev–Trinajstić information content (AvgIpc) is 2.81. The van der Waals surface area contributed by atoms with E-state index in [4.69, 9.17) is 9.84 Å². The van der Waals surface area contributed by atoms with E-state index in [0.717, 1.165) is 0 Å². The molecule has 0 spiro atoms. The number of hydrogen-bond donors (Lipinski definition) is 1. The van der Waals surface area contributed by atoms with Crippen LogP contribution in [0, 0.1) is 6.92 Å². The van der Waals surface area contributed by atoms with Gasteiger partial charge in [-0.05, 0) is 38.1 Å². The van der Waals surface area contributed by atoms with Gasteiger partial charge in [-0.1, -0.05) is 0 Å². The highest BCUT2D eigenvalue weighted by Crippen LogP contribution is 2.15. The van der Waals surface area contributed by atoms with Crippen LogP contribution in [0.25, 0.3) is 5.69 Å². The van der Waals surface area contributed by atoms with E-state index >= 15 is 0 Å². The van der Waals surface area contributed by atoms with Crippen molar-refractivity contribution in [1.29, 1.82) is 0 Å². The van der Waals surface area contributed by atoms with Crippen molar-refractivity contribution < 1.29 is 19.4 Å². The van der Waals surface area contributed by atoms with Crippen LogP contribution in [0.15, 0.2) is 30.5 Å². The number of nitrogens with zero attached hydrogens (tertiary/aromatic N) is 2. The maximum Gasteiger partial charge on any atom is 0.339 e. The molecule has 2 aromatic rings. The molecule has 104 valence electrons. The van der Waals surface area contributed by atoms with Crippen molar-refractivity contribution in [3.63, 3.8) is 0 Å². The number of benzene rings is 1. The summed E-state index contributed by atoms with van der Waals surface area (Å²) in [4.78, 5) is 22.5. The molecular weight excluding hydrogens is 260 g/mol. The van der Waals surface area contributed by atoms with Gasteiger partial charge in [0, 0.05) is 0 Å². The Morgan fingerprint density at radius 3 is 2.45 bits per heavy atom. The number of carbonyl (C=O) groups is 2. The van der Waals surface area contributed by atoms with Crippen molar-refractivity contribution in [1.82, 2.24) is 9.78 Å². The van der Waals surface area contributed by atoms with E-state index in [-0.39, 0.29) is 11.5 Å². The highest BCUT2D eigenvalue weighted by Gasteiger charge is 2.14. The minimum Gasteiger partial charge on any atom is -0.478 e. The van der Waals surface area contributed by atoms with Gasteiger partial charge in [-0.25, -0.2) is 14.3 Å². The molecule has 0 aliphatic heterocycles. The highest BCUT2D eigenvalue weighted by atomic mass is 16.5. The molecule has 1 aromatic carbocycles. The van der Waals surface area contributed by atoms with Crippen LogP contribution in [0.5, 0.6) is 0 Å². The molecular formula is C14H14N2O4. The Hall–Kier alpha value is -2.63. The number of rotatable bonds is 4. The van der Waals surface area contributed by atoms with Gasteiger partial charge in [0.15, 0.2) is 0 Å². The molecule has 0 unspecified atom stereocenters. The molecule has 6 heteroatoms. The molecule has 1 aromatic heterocycles. The van der Waals surface area contributed by atoms with Crippen LogP contribution < -0.4 is 0 Å². The minimum atomic E-state index is -1.02. The fourth-order valence-electron chi connectivity index (χ4n) is 1.83. The predicted molar refractivity (Wildman–Crippen MR) is 71.2 cm³/mol. The standard InChI is InChI=1S/C14H14N2O4/c1-3-20-14(19)10-4-6-11(7-5-10)16-9(2)12(8-15-16)13(17)18/h4-8H,3H2,1-2H3,(H,17,18). The molecule has 0 saturated heterocycles. The van der Waals surface area contributed by atoms with Gasteiger partial charge in [-0.2, -0.15) is 5.10 Å². The fraction of sp³-hybridized carbons (Fsp3) is 0.214. The van der Waals surface area contributed by atoms with E-state index in [0.29, 0.717) is 23.6 Å². The smallest absolute Gasteiger partial charge is 0.339 e. The molecule has 0 bridgehead atoms. The third kappa shape index (κ3) is 2.54. The van der Waals surface area contributed by atoms with Gasteiger partial charge in [-0.3, -0.25) is 0 Å². The lowest BCUT2D eigenvalue weighted by Crippen LogP contribution is -2.06. The van der Waals surface area contributed by atoms with Crippen molar-refractivity contribution in [2.24, 2.45) is 0 Å². The van der Waals surface area contributed by atoms with E-state index in [1.807, 2.05) is 0 Å². The summed E-state index contributed by atoms with van der Waals surface area (Å²) in [5.74, 6) is -1.40. The number of aromatic carboxylic acids is 1. The first-order chi connectivity index (χ1) is 9.54. The number of hydrogen-bond acceptors (Lipinski definition) is 4. The normalized spacial score (nSPS) is 10.3. The molecule has 20 heavy (non-hydrogen) atoms. The second-order valence-corrected chi connectivity index (χ2v) is 4.13. The molecule has 0 atom stereocenters. The summed E-state index contributed by atoms with van der Waals surface area (Å²) in [6.45, 7) is 3.74. The molecule has 0 aliphatic carbocycles. The number of carboxylic acid groups (broad SMARTS) is 1. The Bertz CT molecular complexity index is 644. The molecule has 0 radical (unpaired) electrons. The zero-order valence-electron chi connectivity index (χ0n) is 11.2. The van der Waals surface area contributed by atoms with Crippen molar-refractivity contribution in [3.05, 3.63) is 47.3 Å². The molecule has 6 nitrogen and oxygen atoms in total. The largest absolute Gasteiger partial charge is 0.478 e. The monoisotopic (exact) mass is 274 g/mol. The van der Waals surface area contributed by atoms with Crippen LogP contribution in [0.3, 0.4) is 0 Å². The van der Waals surface area contributed by atoms with Crippen LogP contribution in [0.2, 0.25) is 0 Å². The molecule has 1 N–H and O–H groups in total. The number of aromatic nitrogens is 2. The van der Waals surface area contributed by atoms with Crippen LogP contribution in [0.4, 0.5) is 0 Å². The minimum absolute atomic E-state index is 0.152. The van der Waals surface area contributed by atoms with E-state index in [1.165, 1.54) is 10.9 Å². The van der Waals surface area contributed by atoms with Gasteiger partial charge in [0.25, 0.3) is 0 Å². The Labute approximate surface area is 115 Å². The first-order valence-corrected chi connectivity index (χ1v) is 6.10. The number of carboxylic acids is 1. The summed E-state index contributed by atoms with van der Waals surface area (Å²) >= 11 is 0. The second-order valence-electron chi connectivity index (χ2n) is 4.13. The lowest BCUT2D eigenvalue weighted by Gasteiger charge is -2.06. The summed E-state index contributed by atoms with van der Waals surface area (Å²) in [5.41, 5.74) is 1.81. The maximum atomic E-state index is 11.5.